The number of carbonyl (C=O) groups is 1. The van der Waals surface area contributed by atoms with Crippen molar-refractivity contribution in [2.45, 2.75) is 19.8 Å². The van der Waals surface area contributed by atoms with Crippen LogP contribution >= 0.6 is 11.6 Å². The molecular weight excluding hydrogens is 262 g/mol. The molecule has 0 bridgehead atoms. The maximum atomic E-state index is 12.1. The Balaban J connectivity index is 2.55. The quantitative estimate of drug-likeness (QED) is 0.660. The zero-order valence-electron chi connectivity index (χ0n) is 10.8. The Morgan fingerprint density at radius 2 is 2.32 bits per heavy atom. The predicted molar refractivity (Wildman–Crippen MR) is 77.8 cm³/mol. The van der Waals surface area contributed by atoms with E-state index in [1.165, 1.54) is 0 Å². The number of benzene rings is 1. The van der Waals surface area contributed by atoms with Crippen LogP contribution in [0.2, 0.25) is 5.02 Å². The number of aromatic nitrogens is 1. The Morgan fingerprint density at radius 1 is 1.53 bits per heavy atom. The number of rotatable bonds is 5. The predicted octanol–water partition coefficient (Wildman–Crippen LogP) is 4.12. The number of carbonyl (C=O) groups excluding carboxylic acids is 1. The molecule has 1 N–H and O–H groups in total. The molecule has 1 aromatic heterocycles. The lowest BCUT2D eigenvalue weighted by atomic mass is 10.1. The second-order valence-electron chi connectivity index (χ2n) is 4.22. The highest BCUT2D eigenvalue weighted by Gasteiger charge is 2.19. The van der Waals surface area contributed by atoms with Gasteiger partial charge < -0.3 is 9.72 Å². The van der Waals surface area contributed by atoms with Crippen LogP contribution in [0.25, 0.3) is 10.9 Å². The van der Waals surface area contributed by atoms with Crippen molar-refractivity contribution >= 4 is 28.5 Å². The largest absolute Gasteiger partial charge is 0.462 e. The van der Waals surface area contributed by atoms with Gasteiger partial charge in [-0.1, -0.05) is 17.7 Å². The Morgan fingerprint density at radius 3 is 3.00 bits per heavy atom. The average Bonchev–Trinajstić information content (AvgIpc) is 2.74. The molecule has 0 spiro atoms. The first-order chi connectivity index (χ1) is 9.17. The van der Waals surface area contributed by atoms with E-state index in [4.69, 9.17) is 16.3 Å². The van der Waals surface area contributed by atoms with Crippen molar-refractivity contribution < 1.29 is 9.53 Å². The summed E-state index contributed by atoms with van der Waals surface area (Å²) >= 11 is 6.00. The van der Waals surface area contributed by atoms with Gasteiger partial charge in [-0.2, -0.15) is 0 Å². The van der Waals surface area contributed by atoms with Gasteiger partial charge in [-0.05, 0) is 38.0 Å². The summed E-state index contributed by atoms with van der Waals surface area (Å²) in [6.07, 6.45) is 3.35. The number of H-pyrrole nitrogens is 1. The molecule has 19 heavy (non-hydrogen) atoms. The van der Waals surface area contributed by atoms with E-state index >= 15 is 0 Å². The topological polar surface area (TPSA) is 42.1 Å². The molecule has 0 saturated heterocycles. The highest BCUT2D eigenvalue weighted by atomic mass is 35.5. The number of aromatic amines is 1. The van der Waals surface area contributed by atoms with Crippen LogP contribution in [0, 0.1) is 0 Å². The molecular formula is C15H16ClNO2. The highest BCUT2D eigenvalue weighted by molar-refractivity contribution is 6.31. The monoisotopic (exact) mass is 277 g/mol. The normalized spacial score (nSPS) is 10.6. The van der Waals surface area contributed by atoms with Crippen molar-refractivity contribution in [1.29, 1.82) is 0 Å². The van der Waals surface area contributed by atoms with E-state index < -0.39 is 0 Å². The molecule has 0 amide bonds. The second kappa shape index (κ2) is 5.93. The molecule has 4 heteroatoms. The SMILES string of the molecule is C=CCCc1[nH]c2ccc(Cl)cc2c1C(=O)OCC. The standard InChI is InChI=1S/C15H16ClNO2/c1-3-5-6-13-14(15(18)19-4-2)11-9-10(16)7-8-12(11)17-13/h3,7-9,17H,1,4-6H2,2H3. The summed E-state index contributed by atoms with van der Waals surface area (Å²) < 4.78 is 5.13. The number of nitrogens with one attached hydrogen (secondary N) is 1. The fraction of sp³-hybridized carbons (Fsp3) is 0.267. The zero-order chi connectivity index (χ0) is 13.8. The molecule has 0 atom stereocenters. The van der Waals surface area contributed by atoms with E-state index in [1.807, 2.05) is 12.1 Å². The van der Waals surface area contributed by atoms with Gasteiger partial charge >= 0.3 is 5.97 Å². The van der Waals surface area contributed by atoms with E-state index in [9.17, 15) is 4.79 Å². The van der Waals surface area contributed by atoms with Crippen LogP contribution in [-0.4, -0.2) is 17.6 Å². The summed E-state index contributed by atoms with van der Waals surface area (Å²) in [6.45, 7) is 5.85. The van der Waals surface area contributed by atoms with Gasteiger partial charge in [0.2, 0.25) is 0 Å². The van der Waals surface area contributed by atoms with Crippen LogP contribution in [0.4, 0.5) is 0 Å². The van der Waals surface area contributed by atoms with Crippen LogP contribution in [-0.2, 0) is 11.2 Å². The van der Waals surface area contributed by atoms with Crippen molar-refractivity contribution in [1.82, 2.24) is 4.98 Å². The first kappa shape index (κ1) is 13.7. The Kier molecular flexibility index (Phi) is 4.27. The Labute approximate surface area is 117 Å². The van der Waals surface area contributed by atoms with Crippen molar-refractivity contribution in [3.05, 3.63) is 47.1 Å². The van der Waals surface area contributed by atoms with Gasteiger partial charge in [0.15, 0.2) is 0 Å². The van der Waals surface area contributed by atoms with E-state index in [1.54, 1.807) is 19.1 Å². The number of ether oxygens (including phenoxy) is 1. The van der Waals surface area contributed by atoms with Crippen molar-refractivity contribution in [3.8, 4) is 0 Å². The Hall–Kier alpha value is -1.74. The molecule has 1 heterocycles. The molecule has 0 aliphatic carbocycles. The van der Waals surface area contributed by atoms with Crippen LogP contribution in [0.15, 0.2) is 30.9 Å². The molecule has 3 nitrogen and oxygen atoms in total. The number of hydrogen-bond donors (Lipinski definition) is 1. The lowest BCUT2D eigenvalue weighted by Gasteiger charge is -2.03. The maximum absolute atomic E-state index is 12.1. The Bertz CT molecular complexity index is 616. The van der Waals surface area contributed by atoms with E-state index in [0.29, 0.717) is 17.2 Å². The number of fused-ring (bicyclic) bond motifs is 1. The number of esters is 1. The second-order valence-corrected chi connectivity index (χ2v) is 4.65. The molecule has 2 aromatic rings. The third kappa shape index (κ3) is 2.82. The summed E-state index contributed by atoms with van der Waals surface area (Å²) in [5.74, 6) is -0.310. The molecule has 0 radical (unpaired) electrons. The summed E-state index contributed by atoms with van der Waals surface area (Å²) in [5, 5.41) is 1.41. The fourth-order valence-electron chi connectivity index (χ4n) is 2.09. The zero-order valence-corrected chi connectivity index (χ0v) is 11.6. The number of allylic oxidation sites excluding steroid dienone is 1. The van der Waals surface area contributed by atoms with Gasteiger partial charge in [0.25, 0.3) is 0 Å². The minimum absolute atomic E-state index is 0.310. The number of halogens is 1. The third-order valence-electron chi connectivity index (χ3n) is 2.92. The first-order valence-corrected chi connectivity index (χ1v) is 6.63. The lowest BCUT2D eigenvalue weighted by Crippen LogP contribution is -2.07. The molecule has 100 valence electrons. The van der Waals surface area contributed by atoms with Gasteiger partial charge in [-0.15, -0.1) is 6.58 Å². The van der Waals surface area contributed by atoms with Crippen LogP contribution in [0.3, 0.4) is 0 Å². The number of hydrogen-bond acceptors (Lipinski definition) is 2. The van der Waals surface area contributed by atoms with E-state index in [2.05, 4.69) is 11.6 Å². The number of aryl methyl sites for hydroxylation is 1. The molecule has 0 aliphatic heterocycles. The summed E-state index contributed by atoms with van der Waals surface area (Å²) in [4.78, 5) is 15.4. The first-order valence-electron chi connectivity index (χ1n) is 6.25. The molecule has 0 aliphatic rings. The minimum Gasteiger partial charge on any atom is -0.462 e. The summed E-state index contributed by atoms with van der Waals surface area (Å²) in [5.41, 5.74) is 2.35. The van der Waals surface area contributed by atoms with Crippen molar-refractivity contribution in [2.24, 2.45) is 0 Å². The third-order valence-corrected chi connectivity index (χ3v) is 3.15. The molecule has 0 fully saturated rings. The van der Waals surface area contributed by atoms with Crippen LogP contribution < -0.4 is 0 Å². The minimum atomic E-state index is -0.310. The van der Waals surface area contributed by atoms with Crippen LogP contribution in [0.5, 0.6) is 0 Å². The smallest absolute Gasteiger partial charge is 0.340 e. The van der Waals surface area contributed by atoms with Gasteiger partial charge in [0, 0.05) is 21.6 Å². The summed E-state index contributed by atoms with van der Waals surface area (Å²) in [7, 11) is 0. The van der Waals surface area contributed by atoms with Gasteiger partial charge in [-0.25, -0.2) is 4.79 Å². The fourth-order valence-corrected chi connectivity index (χ4v) is 2.26. The molecule has 1 aromatic carbocycles. The molecule has 0 unspecified atom stereocenters. The van der Waals surface area contributed by atoms with Crippen LogP contribution in [0.1, 0.15) is 29.4 Å². The van der Waals surface area contributed by atoms with Crippen molar-refractivity contribution in [3.63, 3.8) is 0 Å². The van der Waals surface area contributed by atoms with Gasteiger partial charge in [-0.3, -0.25) is 0 Å². The summed E-state index contributed by atoms with van der Waals surface area (Å²) in [6, 6.07) is 5.46. The lowest BCUT2D eigenvalue weighted by molar-refractivity contribution is 0.0527. The van der Waals surface area contributed by atoms with E-state index in [-0.39, 0.29) is 5.97 Å². The van der Waals surface area contributed by atoms with E-state index in [0.717, 1.165) is 29.4 Å². The molecule has 0 saturated carbocycles. The molecule has 2 rings (SSSR count). The average molecular weight is 278 g/mol. The van der Waals surface area contributed by atoms with Crippen molar-refractivity contribution in [2.75, 3.05) is 6.61 Å². The van der Waals surface area contributed by atoms with Gasteiger partial charge in [0.05, 0.1) is 12.2 Å². The van der Waals surface area contributed by atoms with Gasteiger partial charge in [0.1, 0.15) is 0 Å². The maximum Gasteiger partial charge on any atom is 0.340 e. The highest BCUT2D eigenvalue weighted by Crippen LogP contribution is 2.27.